The minimum Gasteiger partial charge on any atom is -0.460 e. The molecule has 0 fully saturated rings. The summed E-state index contributed by atoms with van der Waals surface area (Å²) in [5.74, 6) is 2.72. The van der Waals surface area contributed by atoms with Crippen LogP contribution in [0.5, 0.6) is 0 Å². The largest absolute Gasteiger partial charge is 0.460 e. The molecule has 24 heavy (non-hydrogen) atoms. The third-order valence-corrected chi connectivity index (χ3v) is 3.62. The van der Waals surface area contributed by atoms with Crippen molar-refractivity contribution >= 4 is 0 Å². The molecule has 0 radical (unpaired) electrons. The van der Waals surface area contributed by atoms with E-state index in [-0.39, 0.29) is 0 Å². The van der Waals surface area contributed by atoms with E-state index >= 15 is 0 Å². The second-order valence-corrected chi connectivity index (χ2v) is 5.55. The van der Waals surface area contributed by atoms with E-state index in [0.29, 0.717) is 18.3 Å². The van der Waals surface area contributed by atoms with E-state index in [4.69, 9.17) is 8.94 Å². The number of nitrogens with zero attached hydrogens (tertiary/aromatic N) is 5. The molecule has 0 spiro atoms. The SMILES string of the molecule is Cc1ccc(-c2cn(Cc3ccc(-c4noc(C)n4)cc3)nn2)o1. The van der Waals surface area contributed by atoms with Crippen LogP contribution in [0, 0.1) is 13.8 Å². The average molecular weight is 321 g/mol. The minimum atomic E-state index is 0.553. The van der Waals surface area contributed by atoms with Gasteiger partial charge in [-0.15, -0.1) is 5.10 Å². The summed E-state index contributed by atoms with van der Waals surface area (Å²) in [6.07, 6.45) is 1.87. The molecule has 4 rings (SSSR count). The minimum absolute atomic E-state index is 0.553. The number of rotatable bonds is 4. The molecule has 0 atom stereocenters. The van der Waals surface area contributed by atoms with Gasteiger partial charge in [0, 0.05) is 12.5 Å². The summed E-state index contributed by atoms with van der Waals surface area (Å²) in [4.78, 5) is 4.22. The summed E-state index contributed by atoms with van der Waals surface area (Å²) in [5, 5.41) is 12.2. The fraction of sp³-hybridized carbons (Fsp3) is 0.176. The van der Waals surface area contributed by atoms with Crippen molar-refractivity contribution in [2.45, 2.75) is 20.4 Å². The Morgan fingerprint density at radius 2 is 1.88 bits per heavy atom. The predicted octanol–water partition coefficient (Wildman–Crippen LogP) is 3.25. The predicted molar refractivity (Wildman–Crippen MR) is 86.0 cm³/mol. The molecule has 0 amide bonds. The van der Waals surface area contributed by atoms with Gasteiger partial charge >= 0.3 is 0 Å². The smallest absolute Gasteiger partial charge is 0.223 e. The lowest BCUT2D eigenvalue weighted by molar-refractivity contribution is 0.394. The molecule has 0 aliphatic heterocycles. The maximum absolute atomic E-state index is 5.56. The third kappa shape index (κ3) is 2.83. The van der Waals surface area contributed by atoms with Crippen molar-refractivity contribution < 1.29 is 8.94 Å². The number of aromatic nitrogens is 5. The van der Waals surface area contributed by atoms with E-state index in [2.05, 4.69) is 20.5 Å². The molecule has 0 aliphatic carbocycles. The first-order chi connectivity index (χ1) is 11.7. The highest BCUT2D eigenvalue weighted by Gasteiger charge is 2.09. The maximum atomic E-state index is 5.56. The van der Waals surface area contributed by atoms with Crippen molar-refractivity contribution in [2.24, 2.45) is 0 Å². The van der Waals surface area contributed by atoms with Gasteiger partial charge in [-0.1, -0.05) is 34.6 Å². The Bertz CT molecular complexity index is 965. The van der Waals surface area contributed by atoms with E-state index in [1.807, 2.05) is 49.5 Å². The Hall–Kier alpha value is -3.22. The quantitative estimate of drug-likeness (QED) is 0.574. The lowest BCUT2D eigenvalue weighted by Crippen LogP contribution is -2.00. The molecular weight excluding hydrogens is 306 g/mol. The van der Waals surface area contributed by atoms with Crippen molar-refractivity contribution in [3.05, 3.63) is 59.8 Å². The summed E-state index contributed by atoms with van der Waals surface area (Å²) in [6, 6.07) is 11.8. The van der Waals surface area contributed by atoms with Gasteiger partial charge in [0.2, 0.25) is 11.7 Å². The molecule has 0 unspecified atom stereocenters. The normalized spacial score (nSPS) is 11.1. The third-order valence-electron chi connectivity index (χ3n) is 3.62. The number of furan rings is 1. The van der Waals surface area contributed by atoms with Gasteiger partial charge in [0.05, 0.1) is 12.7 Å². The lowest BCUT2D eigenvalue weighted by atomic mass is 10.1. The summed E-state index contributed by atoms with van der Waals surface area (Å²) in [5.41, 5.74) is 2.74. The zero-order valence-electron chi connectivity index (χ0n) is 13.3. The van der Waals surface area contributed by atoms with Crippen molar-refractivity contribution in [3.8, 4) is 22.8 Å². The highest BCUT2D eigenvalue weighted by Crippen LogP contribution is 2.20. The first-order valence-electron chi connectivity index (χ1n) is 7.54. The molecule has 0 N–H and O–H groups in total. The Balaban J connectivity index is 1.50. The number of hydrogen-bond donors (Lipinski definition) is 0. The van der Waals surface area contributed by atoms with Gasteiger partial charge in [-0.2, -0.15) is 4.98 Å². The van der Waals surface area contributed by atoms with Crippen LogP contribution < -0.4 is 0 Å². The monoisotopic (exact) mass is 321 g/mol. The first kappa shape index (κ1) is 14.4. The fourth-order valence-electron chi connectivity index (χ4n) is 2.42. The second kappa shape index (κ2) is 5.77. The number of aryl methyl sites for hydroxylation is 2. The van der Waals surface area contributed by atoms with Gasteiger partial charge in [0.25, 0.3) is 0 Å². The molecule has 0 aliphatic rings. The van der Waals surface area contributed by atoms with Gasteiger partial charge in [0.1, 0.15) is 11.5 Å². The Morgan fingerprint density at radius 1 is 1.04 bits per heavy atom. The Kier molecular flexibility index (Phi) is 3.45. The summed E-state index contributed by atoms with van der Waals surface area (Å²) >= 11 is 0. The van der Waals surface area contributed by atoms with Crippen LogP contribution in [-0.4, -0.2) is 25.1 Å². The van der Waals surface area contributed by atoms with Gasteiger partial charge in [-0.25, -0.2) is 4.68 Å². The van der Waals surface area contributed by atoms with Gasteiger partial charge in [-0.3, -0.25) is 0 Å². The van der Waals surface area contributed by atoms with Crippen LogP contribution in [0.25, 0.3) is 22.8 Å². The topological polar surface area (TPSA) is 82.8 Å². The van der Waals surface area contributed by atoms with Crippen molar-refractivity contribution in [3.63, 3.8) is 0 Å². The van der Waals surface area contributed by atoms with Crippen LogP contribution in [0.1, 0.15) is 17.2 Å². The highest BCUT2D eigenvalue weighted by atomic mass is 16.5. The van der Waals surface area contributed by atoms with E-state index < -0.39 is 0 Å². The molecule has 3 heterocycles. The van der Waals surface area contributed by atoms with E-state index in [0.717, 1.165) is 28.3 Å². The van der Waals surface area contributed by atoms with Crippen LogP contribution in [0.4, 0.5) is 0 Å². The van der Waals surface area contributed by atoms with Crippen molar-refractivity contribution in [2.75, 3.05) is 0 Å². The van der Waals surface area contributed by atoms with E-state index in [9.17, 15) is 0 Å². The van der Waals surface area contributed by atoms with Gasteiger partial charge < -0.3 is 8.94 Å². The molecule has 0 bridgehead atoms. The molecule has 120 valence electrons. The van der Waals surface area contributed by atoms with Gasteiger partial charge in [-0.05, 0) is 24.6 Å². The van der Waals surface area contributed by atoms with E-state index in [1.54, 1.807) is 11.6 Å². The van der Waals surface area contributed by atoms with Crippen LogP contribution in [0.15, 0.2) is 51.5 Å². The van der Waals surface area contributed by atoms with E-state index in [1.165, 1.54) is 0 Å². The Labute approximate surface area is 137 Å². The zero-order valence-corrected chi connectivity index (χ0v) is 13.3. The van der Waals surface area contributed by atoms with Crippen LogP contribution in [0.2, 0.25) is 0 Å². The number of benzene rings is 1. The second-order valence-electron chi connectivity index (χ2n) is 5.55. The zero-order chi connectivity index (χ0) is 16.5. The lowest BCUT2D eigenvalue weighted by Gasteiger charge is -2.01. The van der Waals surface area contributed by atoms with Gasteiger partial charge in [0.15, 0.2) is 5.76 Å². The molecule has 7 nitrogen and oxygen atoms in total. The summed E-state index contributed by atoms with van der Waals surface area (Å²) in [6.45, 7) is 4.30. The van der Waals surface area contributed by atoms with Crippen LogP contribution in [-0.2, 0) is 6.54 Å². The molecular formula is C17H15N5O2. The fourth-order valence-corrected chi connectivity index (χ4v) is 2.42. The maximum Gasteiger partial charge on any atom is 0.223 e. The highest BCUT2D eigenvalue weighted by molar-refractivity contribution is 5.54. The average Bonchev–Trinajstić information content (AvgIpc) is 3.30. The van der Waals surface area contributed by atoms with Crippen LogP contribution >= 0.6 is 0 Å². The molecule has 0 saturated carbocycles. The number of hydrogen-bond acceptors (Lipinski definition) is 6. The van der Waals surface area contributed by atoms with Crippen LogP contribution in [0.3, 0.4) is 0 Å². The molecule has 4 aromatic rings. The Morgan fingerprint density at radius 3 is 2.54 bits per heavy atom. The molecule has 1 aromatic carbocycles. The molecule has 3 aromatic heterocycles. The van der Waals surface area contributed by atoms with Crippen molar-refractivity contribution in [1.82, 2.24) is 25.1 Å². The standard InChI is InChI=1S/C17H15N5O2/c1-11-3-8-16(23-11)15-10-22(21-19-15)9-13-4-6-14(7-5-13)17-18-12(2)24-20-17/h3-8,10H,9H2,1-2H3. The first-order valence-corrected chi connectivity index (χ1v) is 7.54. The summed E-state index contributed by atoms with van der Waals surface area (Å²) < 4.78 is 12.3. The summed E-state index contributed by atoms with van der Waals surface area (Å²) in [7, 11) is 0. The molecule has 7 heteroatoms. The van der Waals surface area contributed by atoms with Crippen molar-refractivity contribution in [1.29, 1.82) is 0 Å². The molecule has 0 saturated heterocycles.